The van der Waals surface area contributed by atoms with E-state index in [1.165, 1.54) is 12.1 Å². The minimum absolute atomic E-state index is 0.00190. The van der Waals surface area contributed by atoms with Crippen LogP contribution in [-0.4, -0.2) is 46.7 Å². The van der Waals surface area contributed by atoms with Gasteiger partial charge in [0.1, 0.15) is 19.3 Å². The highest BCUT2D eigenvalue weighted by Gasteiger charge is 2.53. The first-order valence-electron chi connectivity index (χ1n) is 7.51. The molecule has 0 N–H and O–H groups in total. The van der Waals surface area contributed by atoms with Crippen LogP contribution >= 0.6 is 11.8 Å². The van der Waals surface area contributed by atoms with Crippen LogP contribution in [0.5, 0.6) is 5.75 Å². The van der Waals surface area contributed by atoms with Gasteiger partial charge >= 0.3 is 5.97 Å². The van der Waals surface area contributed by atoms with Crippen LogP contribution in [0.15, 0.2) is 24.3 Å². The number of amides is 1. The van der Waals surface area contributed by atoms with Crippen molar-refractivity contribution >= 4 is 23.6 Å². The fourth-order valence-corrected chi connectivity index (χ4v) is 4.36. The molecule has 0 aromatic heterocycles. The monoisotopic (exact) mass is 339 g/mol. The summed E-state index contributed by atoms with van der Waals surface area (Å²) in [6, 6.07) is 5.52. The third-order valence-corrected chi connectivity index (χ3v) is 5.64. The standard InChI is InChI=1S/C16H18FNO4S/c1-16-7-6-14(19)18(16)12(10-23-16)15(20)22-9-8-21-13-5-3-2-4-11(13)17/h2-5,12H,6-10H2,1H3/t12-,16+/m1/s1. The molecule has 0 radical (unpaired) electrons. The Morgan fingerprint density at radius 2 is 2.22 bits per heavy atom. The Morgan fingerprint density at radius 1 is 1.43 bits per heavy atom. The van der Waals surface area contributed by atoms with E-state index in [-0.39, 0.29) is 29.7 Å². The van der Waals surface area contributed by atoms with Gasteiger partial charge in [0.25, 0.3) is 0 Å². The first-order chi connectivity index (χ1) is 11.0. The Hall–Kier alpha value is -1.76. The minimum Gasteiger partial charge on any atom is -0.487 e. The zero-order chi connectivity index (χ0) is 16.4. The summed E-state index contributed by atoms with van der Waals surface area (Å²) in [6.45, 7) is 2.07. The fourth-order valence-electron chi connectivity index (χ4n) is 2.95. The smallest absolute Gasteiger partial charge is 0.329 e. The summed E-state index contributed by atoms with van der Waals surface area (Å²) in [5, 5.41) is 0. The first kappa shape index (κ1) is 16.1. The summed E-state index contributed by atoms with van der Waals surface area (Å²) in [6.07, 6.45) is 1.24. The average molecular weight is 339 g/mol. The molecule has 0 unspecified atom stereocenters. The van der Waals surface area contributed by atoms with Crippen molar-refractivity contribution < 1.29 is 23.5 Å². The highest BCUT2D eigenvalue weighted by Crippen LogP contribution is 2.47. The molecule has 2 aliphatic rings. The van der Waals surface area contributed by atoms with Crippen molar-refractivity contribution in [2.75, 3.05) is 19.0 Å². The van der Waals surface area contributed by atoms with Crippen molar-refractivity contribution in [1.82, 2.24) is 4.90 Å². The molecule has 1 amide bonds. The third-order valence-electron chi connectivity index (χ3n) is 4.14. The number of benzene rings is 1. The van der Waals surface area contributed by atoms with E-state index in [9.17, 15) is 14.0 Å². The number of rotatable bonds is 5. The predicted octanol–water partition coefficient (Wildman–Crippen LogP) is 2.20. The molecular weight excluding hydrogens is 321 g/mol. The summed E-state index contributed by atoms with van der Waals surface area (Å²) < 4.78 is 23.8. The van der Waals surface area contributed by atoms with Gasteiger partial charge in [0.2, 0.25) is 5.91 Å². The van der Waals surface area contributed by atoms with E-state index in [4.69, 9.17) is 9.47 Å². The molecule has 2 heterocycles. The van der Waals surface area contributed by atoms with E-state index in [0.717, 1.165) is 6.42 Å². The van der Waals surface area contributed by atoms with Gasteiger partial charge < -0.3 is 14.4 Å². The topological polar surface area (TPSA) is 55.8 Å². The lowest BCUT2D eigenvalue weighted by Gasteiger charge is -2.29. The molecule has 124 valence electrons. The number of hydrogen-bond acceptors (Lipinski definition) is 5. The van der Waals surface area contributed by atoms with Crippen LogP contribution in [0.1, 0.15) is 19.8 Å². The van der Waals surface area contributed by atoms with E-state index in [1.807, 2.05) is 6.92 Å². The Balaban J connectivity index is 1.49. The molecule has 2 saturated heterocycles. The Labute approximate surface area is 138 Å². The van der Waals surface area contributed by atoms with Crippen LogP contribution in [0.4, 0.5) is 4.39 Å². The lowest BCUT2D eigenvalue weighted by Crippen LogP contribution is -2.46. The molecule has 0 bridgehead atoms. The largest absolute Gasteiger partial charge is 0.487 e. The Bertz CT molecular complexity index is 626. The van der Waals surface area contributed by atoms with Gasteiger partial charge in [-0.15, -0.1) is 11.8 Å². The fraction of sp³-hybridized carbons (Fsp3) is 0.500. The zero-order valence-corrected chi connectivity index (χ0v) is 13.6. The van der Waals surface area contributed by atoms with Crippen molar-refractivity contribution in [3.05, 3.63) is 30.1 Å². The zero-order valence-electron chi connectivity index (χ0n) is 12.8. The first-order valence-corrected chi connectivity index (χ1v) is 8.50. The second-order valence-electron chi connectivity index (χ2n) is 5.71. The average Bonchev–Trinajstić information content (AvgIpc) is 3.02. The van der Waals surface area contributed by atoms with Crippen LogP contribution in [0.25, 0.3) is 0 Å². The summed E-state index contributed by atoms with van der Waals surface area (Å²) in [4.78, 5) is 25.5. The number of nitrogens with zero attached hydrogens (tertiary/aromatic N) is 1. The number of thioether (sulfide) groups is 1. The highest BCUT2D eigenvalue weighted by atomic mass is 32.2. The van der Waals surface area contributed by atoms with Crippen LogP contribution in [-0.2, 0) is 14.3 Å². The third kappa shape index (κ3) is 3.15. The van der Waals surface area contributed by atoms with Gasteiger partial charge in [-0.05, 0) is 25.5 Å². The number of para-hydroxylation sites is 1. The van der Waals surface area contributed by atoms with E-state index >= 15 is 0 Å². The van der Waals surface area contributed by atoms with Crippen LogP contribution < -0.4 is 4.74 Å². The minimum atomic E-state index is -0.534. The molecule has 23 heavy (non-hydrogen) atoms. The van der Waals surface area contributed by atoms with Gasteiger partial charge in [-0.1, -0.05) is 12.1 Å². The molecule has 0 saturated carbocycles. The second-order valence-corrected chi connectivity index (χ2v) is 7.21. The number of esters is 1. The number of carbonyl (C=O) groups excluding carboxylic acids is 2. The highest BCUT2D eigenvalue weighted by molar-refractivity contribution is 8.01. The van der Waals surface area contributed by atoms with Crippen LogP contribution in [0.2, 0.25) is 0 Å². The van der Waals surface area contributed by atoms with Crippen LogP contribution in [0, 0.1) is 5.82 Å². The van der Waals surface area contributed by atoms with Gasteiger partial charge in [0, 0.05) is 12.2 Å². The van der Waals surface area contributed by atoms with Crippen molar-refractivity contribution in [2.24, 2.45) is 0 Å². The van der Waals surface area contributed by atoms with E-state index in [2.05, 4.69) is 0 Å². The lowest BCUT2D eigenvalue weighted by molar-refractivity contribution is -0.154. The molecule has 0 aliphatic carbocycles. The summed E-state index contributed by atoms with van der Waals surface area (Å²) in [5.74, 6) is -0.197. The normalized spacial score (nSPS) is 26.3. The molecule has 5 nitrogen and oxygen atoms in total. The maximum absolute atomic E-state index is 13.4. The summed E-state index contributed by atoms with van der Waals surface area (Å²) in [7, 11) is 0. The van der Waals surface area contributed by atoms with E-state index in [1.54, 1.807) is 28.8 Å². The maximum Gasteiger partial charge on any atom is 0.329 e. The van der Waals surface area contributed by atoms with Crippen molar-refractivity contribution in [3.63, 3.8) is 0 Å². The second kappa shape index (κ2) is 6.39. The van der Waals surface area contributed by atoms with Crippen molar-refractivity contribution in [3.8, 4) is 5.75 Å². The number of hydrogen-bond donors (Lipinski definition) is 0. The number of fused-ring (bicyclic) bond motifs is 1. The van der Waals surface area contributed by atoms with Crippen molar-refractivity contribution in [1.29, 1.82) is 0 Å². The molecule has 3 rings (SSSR count). The molecule has 0 spiro atoms. The number of carbonyl (C=O) groups is 2. The van der Waals surface area contributed by atoms with Crippen LogP contribution in [0.3, 0.4) is 0 Å². The van der Waals surface area contributed by atoms with Gasteiger partial charge in [0.05, 0.1) is 4.87 Å². The summed E-state index contributed by atoms with van der Waals surface area (Å²) in [5.41, 5.74) is 0. The van der Waals surface area contributed by atoms with Gasteiger partial charge in [-0.25, -0.2) is 9.18 Å². The predicted molar refractivity (Wildman–Crippen MR) is 83.6 cm³/mol. The molecule has 2 aliphatic heterocycles. The molecule has 2 fully saturated rings. The molecule has 1 aromatic rings. The van der Waals surface area contributed by atoms with Gasteiger partial charge in [-0.3, -0.25) is 4.79 Å². The molecular formula is C16H18FNO4S. The molecule has 1 aromatic carbocycles. The molecule has 2 atom stereocenters. The quantitative estimate of drug-likeness (QED) is 0.608. The van der Waals surface area contributed by atoms with E-state index in [0.29, 0.717) is 12.2 Å². The number of halogens is 1. The maximum atomic E-state index is 13.4. The Morgan fingerprint density at radius 3 is 3.00 bits per heavy atom. The lowest BCUT2D eigenvalue weighted by atomic mass is 10.2. The van der Waals surface area contributed by atoms with Gasteiger partial charge in [0.15, 0.2) is 11.6 Å². The molecule has 7 heteroatoms. The summed E-state index contributed by atoms with van der Waals surface area (Å²) >= 11 is 1.62. The number of ether oxygens (including phenoxy) is 2. The van der Waals surface area contributed by atoms with E-state index < -0.39 is 17.8 Å². The van der Waals surface area contributed by atoms with Crippen molar-refractivity contribution in [2.45, 2.75) is 30.7 Å². The van der Waals surface area contributed by atoms with Gasteiger partial charge in [-0.2, -0.15) is 0 Å². The Kier molecular flexibility index (Phi) is 4.48. The SMILES string of the molecule is C[C@]12CCC(=O)N1[C@@H](C(=O)OCCOc1ccccc1F)CS2.